The Morgan fingerprint density at radius 3 is 2.76 bits per heavy atom. The molecular weight excluding hydrogens is 240 g/mol. The quantitative estimate of drug-likeness (QED) is 0.821. The zero-order valence-electron chi connectivity index (χ0n) is 9.62. The van der Waals surface area contributed by atoms with Crippen LogP contribution in [0.3, 0.4) is 0 Å². The van der Waals surface area contributed by atoms with E-state index in [4.69, 9.17) is 21.9 Å². The van der Waals surface area contributed by atoms with Gasteiger partial charge in [0.15, 0.2) is 0 Å². The number of rotatable bonds is 3. The Morgan fingerprint density at radius 1 is 1.41 bits per heavy atom. The van der Waals surface area contributed by atoms with Crippen molar-refractivity contribution >= 4 is 23.1 Å². The molecular formula is C11H13ClN4O. The van der Waals surface area contributed by atoms with Crippen LogP contribution in [0.4, 0.5) is 11.5 Å². The van der Waals surface area contributed by atoms with Gasteiger partial charge in [-0.15, -0.1) is 0 Å². The highest BCUT2D eigenvalue weighted by Gasteiger charge is 2.08. The number of pyridine rings is 1. The van der Waals surface area contributed by atoms with Crippen molar-refractivity contribution in [3.63, 3.8) is 0 Å². The van der Waals surface area contributed by atoms with E-state index in [0.717, 1.165) is 17.0 Å². The average Bonchev–Trinajstić information content (AvgIpc) is 2.55. The van der Waals surface area contributed by atoms with Gasteiger partial charge < -0.3 is 15.6 Å². The number of hydrogen-bond donors (Lipinski definition) is 2. The molecule has 0 aromatic carbocycles. The first-order chi connectivity index (χ1) is 8.06. The van der Waals surface area contributed by atoms with Crippen molar-refractivity contribution in [3.8, 4) is 0 Å². The molecule has 2 aromatic rings. The number of nitrogen functional groups attached to an aromatic ring is 1. The maximum absolute atomic E-state index is 5.81. The van der Waals surface area contributed by atoms with Crippen LogP contribution in [0.2, 0.25) is 5.15 Å². The summed E-state index contributed by atoms with van der Waals surface area (Å²) in [7, 11) is 0. The van der Waals surface area contributed by atoms with E-state index in [-0.39, 0.29) is 0 Å². The lowest BCUT2D eigenvalue weighted by Gasteiger charge is -2.06. The molecule has 3 N–H and O–H groups in total. The molecule has 0 unspecified atom stereocenters. The summed E-state index contributed by atoms with van der Waals surface area (Å²) in [5.41, 5.74) is 8.13. The normalized spacial score (nSPS) is 10.5. The lowest BCUT2D eigenvalue weighted by atomic mass is 10.2. The third-order valence-corrected chi connectivity index (χ3v) is 2.64. The molecule has 90 valence electrons. The number of anilines is 2. The fourth-order valence-electron chi connectivity index (χ4n) is 1.54. The van der Waals surface area contributed by atoms with E-state index in [1.165, 1.54) is 0 Å². The van der Waals surface area contributed by atoms with Gasteiger partial charge in [0.25, 0.3) is 0 Å². The molecule has 0 saturated heterocycles. The van der Waals surface area contributed by atoms with Gasteiger partial charge in [0.05, 0.1) is 5.69 Å². The van der Waals surface area contributed by atoms with Gasteiger partial charge in [-0.05, 0) is 19.9 Å². The number of nitrogens with one attached hydrogen (secondary N) is 1. The lowest BCUT2D eigenvalue weighted by molar-refractivity contribution is 0.392. The summed E-state index contributed by atoms with van der Waals surface area (Å²) in [5, 5.41) is 7.38. The predicted octanol–water partition coefficient (Wildman–Crippen LogP) is 2.53. The zero-order valence-corrected chi connectivity index (χ0v) is 10.4. The first-order valence-electron chi connectivity index (χ1n) is 5.15. The highest BCUT2D eigenvalue weighted by molar-refractivity contribution is 6.29. The number of nitrogens with two attached hydrogens (primary N) is 1. The van der Waals surface area contributed by atoms with Crippen LogP contribution < -0.4 is 11.1 Å². The van der Waals surface area contributed by atoms with Crippen LogP contribution in [-0.4, -0.2) is 10.1 Å². The monoisotopic (exact) mass is 252 g/mol. The summed E-state index contributed by atoms with van der Waals surface area (Å²) in [6.07, 6.45) is 0. The number of halogens is 1. The predicted molar refractivity (Wildman–Crippen MR) is 67.0 cm³/mol. The van der Waals surface area contributed by atoms with E-state index < -0.39 is 0 Å². The minimum absolute atomic E-state index is 0.367. The standard InChI is InChI=1S/C11H13ClN4O/c1-6-9(7(2)17-16-6)5-14-11-4-8(13)3-10(12)15-11/h3-4H,5H2,1-2H3,(H3,13,14,15). The summed E-state index contributed by atoms with van der Waals surface area (Å²) in [6.45, 7) is 4.35. The Balaban J connectivity index is 2.12. The summed E-state index contributed by atoms with van der Waals surface area (Å²) < 4.78 is 5.07. The molecule has 2 aromatic heterocycles. The smallest absolute Gasteiger partial charge is 0.138 e. The van der Waals surface area contributed by atoms with Gasteiger partial charge in [-0.3, -0.25) is 0 Å². The number of aryl methyl sites for hydroxylation is 2. The molecule has 17 heavy (non-hydrogen) atoms. The third-order valence-electron chi connectivity index (χ3n) is 2.44. The molecule has 2 rings (SSSR count). The van der Waals surface area contributed by atoms with Gasteiger partial charge >= 0.3 is 0 Å². The van der Waals surface area contributed by atoms with Crippen molar-refractivity contribution in [1.29, 1.82) is 0 Å². The van der Waals surface area contributed by atoms with Gasteiger partial charge in [0.1, 0.15) is 16.7 Å². The van der Waals surface area contributed by atoms with Crippen molar-refractivity contribution in [2.45, 2.75) is 20.4 Å². The highest BCUT2D eigenvalue weighted by atomic mass is 35.5. The molecule has 0 saturated carbocycles. The third kappa shape index (κ3) is 2.68. The summed E-state index contributed by atoms with van der Waals surface area (Å²) >= 11 is 5.81. The Bertz CT molecular complexity index is 499. The van der Waals surface area contributed by atoms with E-state index >= 15 is 0 Å². The maximum atomic E-state index is 5.81. The fourth-order valence-corrected chi connectivity index (χ4v) is 1.76. The summed E-state index contributed by atoms with van der Waals surface area (Å²) in [6, 6.07) is 3.33. The van der Waals surface area contributed by atoms with Crippen molar-refractivity contribution in [1.82, 2.24) is 10.1 Å². The van der Waals surface area contributed by atoms with Gasteiger partial charge in [-0.2, -0.15) is 0 Å². The SMILES string of the molecule is Cc1noc(C)c1CNc1cc(N)cc(Cl)n1. The van der Waals surface area contributed by atoms with E-state index in [1.807, 2.05) is 13.8 Å². The fraction of sp³-hybridized carbons (Fsp3) is 0.273. The van der Waals surface area contributed by atoms with E-state index in [1.54, 1.807) is 12.1 Å². The molecule has 5 nitrogen and oxygen atoms in total. The maximum Gasteiger partial charge on any atom is 0.138 e. The second-order valence-corrected chi connectivity index (χ2v) is 4.15. The zero-order chi connectivity index (χ0) is 12.4. The van der Waals surface area contributed by atoms with Crippen LogP contribution in [0, 0.1) is 13.8 Å². The molecule has 0 bridgehead atoms. The first-order valence-corrected chi connectivity index (χ1v) is 5.52. The molecule has 0 atom stereocenters. The Kier molecular flexibility index (Phi) is 3.19. The highest BCUT2D eigenvalue weighted by Crippen LogP contribution is 2.18. The summed E-state index contributed by atoms with van der Waals surface area (Å²) in [4.78, 5) is 4.12. The second-order valence-electron chi connectivity index (χ2n) is 3.76. The van der Waals surface area contributed by atoms with Crippen LogP contribution in [-0.2, 0) is 6.54 Å². The van der Waals surface area contributed by atoms with E-state index in [0.29, 0.717) is 23.2 Å². The molecule has 0 aliphatic carbocycles. The largest absolute Gasteiger partial charge is 0.399 e. The summed E-state index contributed by atoms with van der Waals surface area (Å²) in [5.74, 6) is 1.43. The molecule has 0 aliphatic heterocycles. The van der Waals surface area contributed by atoms with Gasteiger partial charge in [-0.25, -0.2) is 4.98 Å². The second kappa shape index (κ2) is 4.63. The van der Waals surface area contributed by atoms with Crippen molar-refractivity contribution in [3.05, 3.63) is 34.3 Å². The van der Waals surface area contributed by atoms with Crippen LogP contribution in [0.5, 0.6) is 0 Å². The Hall–Kier alpha value is -1.75. The first kappa shape index (κ1) is 11.7. The van der Waals surface area contributed by atoms with E-state index in [2.05, 4.69) is 15.5 Å². The molecule has 0 radical (unpaired) electrons. The van der Waals surface area contributed by atoms with Gasteiger partial charge in [-0.1, -0.05) is 16.8 Å². The van der Waals surface area contributed by atoms with Crippen LogP contribution in [0.15, 0.2) is 16.7 Å². The Labute approximate surface area is 104 Å². The van der Waals surface area contributed by atoms with Crippen molar-refractivity contribution in [2.75, 3.05) is 11.1 Å². The van der Waals surface area contributed by atoms with Crippen molar-refractivity contribution in [2.24, 2.45) is 0 Å². The molecule has 0 fully saturated rings. The van der Waals surface area contributed by atoms with Crippen LogP contribution >= 0.6 is 11.6 Å². The molecule has 0 amide bonds. The minimum Gasteiger partial charge on any atom is -0.399 e. The van der Waals surface area contributed by atoms with Crippen LogP contribution in [0.25, 0.3) is 0 Å². The molecule has 6 heteroatoms. The topological polar surface area (TPSA) is 77.0 Å². The molecule has 2 heterocycles. The van der Waals surface area contributed by atoms with Gasteiger partial charge in [0.2, 0.25) is 0 Å². The minimum atomic E-state index is 0.367. The Morgan fingerprint density at radius 2 is 2.18 bits per heavy atom. The molecule has 0 aliphatic rings. The number of hydrogen-bond acceptors (Lipinski definition) is 5. The van der Waals surface area contributed by atoms with Gasteiger partial charge in [0, 0.05) is 23.9 Å². The number of nitrogens with zero attached hydrogens (tertiary/aromatic N) is 2. The lowest BCUT2D eigenvalue weighted by Crippen LogP contribution is -2.03. The van der Waals surface area contributed by atoms with Crippen molar-refractivity contribution < 1.29 is 4.52 Å². The van der Waals surface area contributed by atoms with Crippen LogP contribution in [0.1, 0.15) is 17.0 Å². The number of aromatic nitrogens is 2. The van der Waals surface area contributed by atoms with E-state index in [9.17, 15) is 0 Å². The average molecular weight is 253 g/mol. The molecule has 0 spiro atoms.